The molecular formula is C8H14ClNO6. The zero-order chi connectivity index (χ0) is 12.3. The van der Waals surface area contributed by atoms with E-state index in [1.165, 1.54) is 0 Å². The summed E-state index contributed by atoms with van der Waals surface area (Å²) in [6.45, 7) is -0.550. The molecule has 0 bridgehead atoms. The number of hydrogen-bond donors (Lipinski definition) is 5. The molecule has 1 aliphatic heterocycles. The van der Waals surface area contributed by atoms with Crippen LogP contribution in [0, 0.1) is 0 Å². The lowest BCUT2D eigenvalue weighted by atomic mass is 9.97. The van der Waals surface area contributed by atoms with Gasteiger partial charge in [-0.15, -0.1) is 11.6 Å². The van der Waals surface area contributed by atoms with E-state index < -0.39 is 43.2 Å². The van der Waals surface area contributed by atoms with Crippen molar-refractivity contribution in [2.45, 2.75) is 30.6 Å². The van der Waals surface area contributed by atoms with E-state index in [0.29, 0.717) is 0 Å². The molecule has 0 aromatic carbocycles. The van der Waals surface area contributed by atoms with E-state index in [1.54, 1.807) is 0 Å². The fourth-order valence-corrected chi connectivity index (χ4v) is 1.55. The Hall–Kier alpha value is -0.440. The smallest absolute Gasteiger partial charge is 0.235 e. The summed E-state index contributed by atoms with van der Waals surface area (Å²) < 4.78 is 4.81. The molecule has 8 heteroatoms. The topological polar surface area (TPSA) is 119 Å². The lowest BCUT2D eigenvalue weighted by molar-refractivity contribution is -0.253. The second-order valence-corrected chi connectivity index (χ2v) is 3.72. The molecule has 1 aliphatic rings. The fraction of sp³-hybridized carbons (Fsp3) is 0.875. The van der Waals surface area contributed by atoms with Crippen LogP contribution in [0.1, 0.15) is 0 Å². The number of carbonyl (C=O) groups excluding carboxylic acids is 1. The second-order valence-electron chi connectivity index (χ2n) is 3.46. The van der Waals surface area contributed by atoms with Gasteiger partial charge < -0.3 is 30.5 Å². The molecule has 5 atom stereocenters. The average molecular weight is 256 g/mol. The van der Waals surface area contributed by atoms with E-state index in [2.05, 4.69) is 5.32 Å². The molecule has 1 fully saturated rings. The lowest BCUT2D eigenvalue weighted by Gasteiger charge is -2.40. The highest BCUT2D eigenvalue weighted by Crippen LogP contribution is 2.19. The van der Waals surface area contributed by atoms with Gasteiger partial charge in [-0.2, -0.15) is 0 Å². The van der Waals surface area contributed by atoms with Crippen LogP contribution >= 0.6 is 11.6 Å². The molecule has 16 heavy (non-hydrogen) atoms. The van der Waals surface area contributed by atoms with Crippen molar-refractivity contribution in [3.05, 3.63) is 0 Å². The number of aliphatic hydroxyl groups is 4. The summed E-state index contributed by atoms with van der Waals surface area (Å²) in [5.41, 5.74) is 0. The van der Waals surface area contributed by atoms with Crippen molar-refractivity contribution >= 4 is 17.5 Å². The third-order valence-corrected chi connectivity index (χ3v) is 2.59. The maximum Gasteiger partial charge on any atom is 0.235 e. The molecule has 1 amide bonds. The number of rotatable bonds is 3. The molecule has 1 heterocycles. The Kier molecular flexibility index (Phi) is 4.90. The number of nitrogens with one attached hydrogen (secondary N) is 1. The molecule has 0 aromatic heterocycles. The van der Waals surface area contributed by atoms with Crippen molar-refractivity contribution in [3.8, 4) is 0 Å². The molecule has 0 radical (unpaired) electrons. The van der Waals surface area contributed by atoms with Crippen LogP contribution in [0.3, 0.4) is 0 Å². The molecule has 0 saturated carbocycles. The molecule has 7 nitrogen and oxygen atoms in total. The molecule has 1 rings (SSSR count). The van der Waals surface area contributed by atoms with Gasteiger partial charge in [0.1, 0.15) is 30.2 Å². The van der Waals surface area contributed by atoms with Gasteiger partial charge in [-0.1, -0.05) is 0 Å². The van der Waals surface area contributed by atoms with Crippen molar-refractivity contribution in [2.24, 2.45) is 0 Å². The summed E-state index contributed by atoms with van der Waals surface area (Å²) >= 11 is 5.24. The maximum atomic E-state index is 11.0. The van der Waals surface area contributed by atoms with Crippen LogP contribution in [0.15, 0.2) is 0 Å². The van der Waals surface area contributed by atoms with Gasteiger partial charge in [0, 0.05) is 0 Å². The number of halogens is 1. The Labute approximate surface area is 96.6 Å². The van der Waals surface area contributed by atoms with E-state index >= 15 is 0 Å². The van der Waals surface area contributed by atoms with Gasteiger partial charge in [-0.25, -0.2) is 0 Å². The van der Waals surface area contributed by atoms with Crippen LogP contribution in [-0.2, 0) is 9.53 Å². The van der Waals surface area contributed by atoms with E-state index in [1.807, 2.05) is 0 Å². The maximum absolute atomic E-state index is 11.0. The van der Waals surface area contributed by atoms with Crippen LogP contribution in [-0.4, -0.2) is 69.5 Å². The van der Waals surface area contributed by atoms with Crippen LogP contribution in [0.2, 0.25) is 0 Å². The molecule has 5 N–H and O–H groups in total. The van der Waals surface area contributed by atoms with Crippen molar-refractivity contribution in [2.75, 3.05) is 12.5 Å². The van der Waals surface area contributed by atoms with Gasteiger partial charge in [-0.05, 0) is 0 Å². The van der Waals surface area contributed by atoms with Gasteiger partial charge in [-0.3, -0.25) is 4.79 Å². The van der Waals surface area contributed by atoms with E-state index in [-0.39, 0.29) is 5.88 Å². The minimum atomic E-state index is -1.51. The van der Waals surface area contributed by atoms with Gasteiger partial charge in [0.25, 0.3) is 0 Å². The lowest BCUT2D eigenvalue weighted by Crippen LogP contribution is -2.64. The Bertz CT molecular complexity index is 253. The van der Waals surface area contributed by atoms with Crippen molar-refractivity contribution < 1.29 is 30.0 Å². The molecule has 0 aliphatic carbocycles. The highest BCUT2D eigenvalue weighted by Gasteiger charge is 2.44. The Morgan fingerprint density at radius 1 is 1.31 bits per heavy atom. The minimum absolute atomic E-state index is 0.338. The monoisotopic (exact) mass is 255 g/mol. The largest absolute Gasteiger partial charge is 0.394 e. The van der Waals surface area contributed by atoms with Crippen molar-refractivity contribution in [3.63, 3.8) is 0 Å². The standard InChI is InChI=1S/C8H14ClNO6/c9-1-4(12)10-5-7(14)6(13)3(2-11)16-8(5)15/h3,5-8,11,13-15H,1-2H2,(H,10,12)/t3?,5?,6-,7?,8-/m1/s1. The summed E-state index contributed by atoms with van der Waals surface area (Å²) in [6.07, 6.45) is -5.43. The van der Waals surface area contributed by atoms with Gasteiger partial charge >= 0.3 is 0 Å². The van der Waals surface area contributed by atoms with E-state index in [9.17, 15) is 20.1 Å². The predicted octanol–water partition coefficient (Wildman–Crippen LogP) is -2.86. The number of aliphatic hydroxyl groups excluding tert-OH is 4. The van der Waals surface area contributed by atoms with E-state index in [0.717, 1.165) is 0 Å². The third kappa shape index (κ3) is 2.82. The first-order valence-electron chi connectivity index (χ1n) is 4.67. The van der Waals surface area contributed by atoms with Crippen LogP contribution in [0.4, 0.5) is 0 Å². The normalized spacial score (nSPS) is 39.4. The molecule has 0 spiro atoms. The summed E-state index contributed by atoms with van der Waals surface area (Å²) in [5.74, 6) is -0.946. The van der Waals surface area contributed by atoms with Crippen LogP contribution < -0.4 is 5.32 Å². The zero-order valence-corrected chi connectivity index (χ0v) is 9.04. The van der Waals surface area contributed by atoms with Crippen LogP contribution in [0.25, 0.3) is 0 Å². The van der Waals surface area contributed by atoms with Gasteiger partial charge in [0.05, 0.1) is 6.61 Å². The number of amides is 1. The third-order valence-electron chi connectivity index (χ3n) is 2.35. The molecule has 1 saturated heterocycles. The first-order chi connectivity index (χ1) is 7.51. The Morgan fingerprint density at radius 2 is 1.94 bits per heavy atom. The first kappa shape index (κ1) is 13.6. The molecule has 3 unspecified atom stereocenters. The van der Waals surface area contributed by atoms with Gasteiger partial charge in [0.2, 0.25) is 5.91 Å². The molecule has 0 aromatic rings. The summed E-state index contributed by atoms with van der Waals surface area (Å²) in [4.78, 5) is 11.0. The summed E-state index contributed by atoms with van der Waals surface area (Å²) in [5, 5.41) is 39.5. The van der Waals surface area contributed by atoms with E-state index in [4.69, 9.17) is 21.4 Å². The molecular weight excluding hydrogens is 242 g/mol. The van der Waals surface area contributed by atoms with Crippen molar-refractivity contribution in [1.82, 2.24) is 5.32 Å². The second kappa shape index (κ2) is 5.76. The first-order valence-corrected chi connectivity index (χ1v) is 5.20. The number of carbonyl (C=O) groups is 1. The van der Waals surface area contributed by atoms with Crippen LogP contribution in [0.5, 0.6) is 0 Å². The Balaban J connectivity index is 2.67. The highest BCUT2D eigenvalue weighted by atomic mass is 35.5. The average Bonchev–Trinajstić information content (AvgIpc) is 2.28. The summed E-state index contributed by atoms with van der Waals surface area (Å²) in [7, 11) is 0. The predicted molar refractivity (Wildman–Crippen MR) is 52.6 cm³/mol. The fourth-order valence-electron chi connectivity index (χ4n) is 1.48. The SMILES string of the molecule is O=C(CCl)NC1C(O)[C@H](O)C(CO)O[C@H]1O. The van der Waals surface area contributed by atoms with Crippen molar-refractivity contribution in [1.29, 1.82) is 0 Å². The quantitative estimate of drug-likeness (QED) is 0.346. The number of alkyl halides is 1. The Morgan fingerprint density at radius 3 is 2.44 bits per heavy atom. The highest BCUT2D eigenvalue weighted by molar-refractivity contribution is 6.27. The number of hydrogen-bond acceptors (Lipinski definition) is 6. The number of ether oxygens (including phenoxy) is 1. The zero-order valence-electron chi connectivity index (χ0n) is 8.28. The summed E-state index contributed by atoms with van der Waals surface area (Å²) in [6, 6.07) is -1.18. The molecule has 94 valence electrons. The van der Waals surface area contributed by atoms with Gasteiger partial charge in [0.15, 0.2) is 6.29 Å². The minimum Gasteiger partial charge on any atom is -0.394 e.